The summed E-state index contributed by atoms with van der Waals surface area (Å²) in [5, 5.41) is 22.7. The Morgan fingerprint density at radius 2 is 2.21 bits per heavy atom. The van der Waals surface area contributed by atoms with Crippen molar-refractivity contribution in [1.82, 2.24) is 5.32 Å². The fraction of sp³-hybridized carbons (Fsp3) is 0.600. The summed E-state index contributed by atoms with van der Waals surface area (Å²) in [6.45, 7) is 3.17. The van der Waals surface area contributed by atoms with Crippen molar-refractivity contribution < 1.29 is 14.9 Å². The van der Waals surface area contributed by atoms with Crippen LogP contribution in [0.25, 0.3) is 0 Å². The lowest BCUT2D eigenvalue weighted by atomic mass is 9.93. The Labute approximate surface area is 114 Å². The van der Waals surface area contributed by atoms with Crippen LogP contribution in [0.2, 0.25) is 0 Å². The number of aromatic hydroxyl groups is 1. The van der Waals surface area contributed by atoms with Gasteiger partial charge in [0.15, 0.2) is 11.5 Å². The molecule has 1 aromatic rings. The molecule has 0 heterocycles. The Bertz CT molecular complexity index is 408. The molecule has 1 aromatic carbocycles. The van der Waals surface area contributed by atoms with Crippen LogP contribution in [0.5, 0.6) is 11.5 Å². The maximum atomic E-state index is 9.64. The Balaban J connectivity index is 1.90. The van der Waals surface area contributed by atoms with Crippen LogP contribution < -0.4 is 10.1 Å². The molecule has 19 heavy (non-hydrogen) atoms. The second-order valence-corrected chi connectivity index (χ2v) is 5.13. The lowest BCUT2D eigenvalue weighted by molar-refractivity contribution is 0.111. The second-order valence-electron chi connectivity index (χ2n) is 5.13. The van der Waals surface area contributed by atoms with Gasteiger partial charge in [-0.05, 0) is 50.3 Å². The summed E-state index contributed by atoms with van der Waals surface area (Å²) in [6.07, 6.45) is 3.79. The molecule has 1 saturated carbocycles. The molecule has 2 atom stereocenters. The van der Waals surface area contributed by atoms with Gasteiger partial charge in [-0.3, -0.25) is 0 Å². The largest absolute Gasteiger partial charge is 0.504 e. The van der Waals surface area contributed by atoms with Crippen molar-refractivity contribution in [3.8, 4) is 11.5 Å². The summed E-state index contributed by atoms with van der Waals surface area (Å²) >= 11 is 0. The van der Waals surface area contributed by atoms with E-state index in [0.717, 1.165) is 37.8 Å². The van der Waals surface area contributed by atoms with Crippen molar-refractivity contribution in [1.29, 1.82) is 0 Å². The average Bonchev–Trinajstić information content (AvgIpc) is 2.40. The first kappa shape index (κ1) is 14.2. The number of aliphatic hydroxyl groups excluding tert-OH is 1. The van der Waals surface area contributed by atoms with Crippen molar-refractivity contribution in [3.05, 3.63) is 23.8 Å². The first-order valence-corrected chi connectivity index (χ1v) is 7.05. The smallest absolute Gasteiger partial charge is 0.161 e. The molecule has 0 spiro atoms. The van der Waals surface area contributed by atoms with E-state index in [2.05, 4.69) is 5.32 Å². The lowest BCUT2D eigenvalue weighted by Gasteiger charge is -2.26. The fourth-order valence-electron chi connectivity index (χ4n) is 2.55. The lowest BCUT2D eigenvalue weighted by Crippen LogP contribution is -2.35. The minimum absolute atomic E-state index is 0.162. The third kappa shape index (κ3) is 4.11. The van der Waals surface area contributed by atoms with E-state index in [0.29, 0.717) is 18.4 Å². The quantitative estimate of drug-likeness (QED) is 0.763. The minimum Gasteiger partial charge on any atom is -0.504 e. The van der Waals surface area contributed by atoms with E-state index in [1.165, 1.54) is 0 Å². The first-order chi connectivity index (χ1) is 9.19. The maximum Gasteiger partial charge on any atom is 0.161 e. The number of hydrogen-bond acceptors (Lipinski definition) is 4. The predicted octanol–water partition coefficient (Wildman–Crippen LogP) is 2.18. The van der Waals surface area contributed by atoms with E-state index < -0.39 is 0 Å². The molecule has 0 aliphatic heterocycles. The highest BCUT2D eigenvalue weighted by Crippen LogP contribution is 2.27. The van der Waals surface area contributed by atoms with Gasteiger partial charge in [0.2, 0.25) is 0 Å². The second kappa shape index (κ2) is 6.78. The summed E-state index contributed by atoms with van der Waals surface area (Å²) in [5.41, 5.74) is 1.08. The number of hydrogen-bond donors (Lipinski definition) is 3. The van der Waals surface area contributed by atoms with Crippen LogP contribution in [0.1, 0.15) is 38.2 Å². The third-order valence-electron chi connectivity index (χ3n) is 3.57. The number of nitrogens with one attached hydrogen (secondary N) is 1. The molecule has 4 heteroatoms. The highest BCUT2D eigenvalue weighted by molar-refractivity contribution is 5.41. The van der Waals surface area contributed by atoms with Crippen LogP contribution in [-0.4, -0.2) is 29.0 Å². The molecule has 1 aliphatic carbocycles. The number of phenols is 1. The molecular formula is C15H23NO3. The Hall–Kier alpha value is -1.26. The van der Waals surface area contributed by atoms with Crippen molar-refractivity contribution in [2.75, 3.05) is 6.61 Å². The number of phenolic OH excluding ortho intramolecular Hbond substituents is 1. The zero-order valence-corrected chi connectivity index (χ0v) is 11.4. The predicted molar refractivity (Wildman–Crippen MR) is 74.4 cm³/mol. The minimum atomic E-state index is -0.162. The first-order valence-electron chi connectivity index (χ1n) is 7.05. The molecule has 0 bridgehead atoms. The topological polar surface area (TPSA) is 61.7 Å². The van der Waals surface area contributed by atoms with Gasteiger partial charge in [0.1, 0.15) is 0 Å². The molecule has 0 radical (unpaired) electrons. The molecule has 3 N–H and O–H groups in total. The van der Waals surface area contributed by atoms with Crippen LogP contribution in [-0.2, 0) is 6.54 Å². The fourth-order valence-corrected chi connectivity index (χ4v) is 2.55. The van der Waals surface area contributed by atoms with E-state index in [9.17, 15) is 10.2 Å². The molecule has 1 fully saturated rings. The van der Waals surface area contributed by atoms with Crippen molar-refractivity contribution in [3.63, 3.8) is 0 Å². The van der Waals surface area contributed by atoms with Gasteiger partial charge in [-0.15, -0.1) is 0 Å². The number of aliphatic hydroxyl groups is 1. The van der Waals surface area contributed by atoms with Gasteiger partial charge in [-0.2, -0.15) is 0 Å². The van der Waals surface area contributed by atoms with Gasteiger partial charge in [-0.25, -0.2) is 0 Å². The van der Waals surface area contributed by atoms with Gasteiger partial charge in [0, 0.05) is 12.6 Å². The third-order valence-corrected chi connectivity index (χ3v) is 3.57. The zero-order chi connectivity index (χ0) is 13.7. The van der Waals surface area contributed by atoms with Crippen LogP contribution in [0.4, 0.5) is 0 Å². The van der Waals surface area contributed by atoms with Gasteiger partial charge in [0.25, 0.3) is 0 Å². The van der Waals surface area contributed by atoms with Crippen LogP contribution in [0.3, 0.4) is 0 Å². The summed E-state index contributed by atoms with van der Waals surface area (Å²) < 4.78 is 5.37. The molecule has 1 aliphatic rings. The normalized spacial score (nSPS) is 23.3. The Morgan fingerprint density at radius 1 is 1.37 bits per heavy atom. The van der Waals surface area contributed by atoms with E-state index in [4.69, 9.17) is 4.74 Å². The molecule has 0 aromatic heterocycles. The SMILES string of the molecule is CCOc1cc(CNC2CCCC(O)C2)ccc1O. The summed E-state index contributed by atoms with van der Waals surface area (Å²) in [6, 6.07) is 5.81. The Kier molecular flexibility index (Phi) is 5.05. The molecule has 4 nitrogen and oxygen atoms in total. The van der Waals surface area contributed by atoms with E-state index in [-0.39, 0.29) is 11.9 Å². The van der Waals surface area contributed by atoms with Gasteiger partial charge >= 0.3 is 0 Å². The van der Waals surface area contributed by atoms with Crippen molar-refractivity contribution >= 4 is 0 Å². The summed E-state index contributed by atoms with van der Waals surface area (Å²) in [7, 11) is 0. The number of ether oxygens (including phenoxy) is 1. The average molecular weight is 265 g/mol. The highest BCUT2D eigenvalue weighted by Gasteiger charge is 2.19. The number of rotatable bonds is 5. The maximum absolute atomic E-state index is 9.64. The summed E-state index contributed by atoms with van der Waals surface area (Å²) in [4.78, 5) is 0. The van der Waals surface area contributed by atoms with E-state index in [1.807, 2.05) is 19.1 Å². The van der Waals surface area contributed by atoms with Gasteiger partial charge in [-0.1, -0.05) is 6.07 Å². The Morgan fingerprint density at radius 3 is 2.95 bits per heavy atom. The number of benzene rings is 1. The van der Waals surface area contributed by atoms with Crippen molar-refractivity contribution in [2.24, 2.45) is 0 Å². The molecule has 2 unspecified atom stereocenters. The van der Waals surface area contributed by atoms with Crippen LogP contribution in [0, 0.1) is 0 Å². The summed E-state index contributed by atoms with van der Waals surface area (Å²) in [5.74, 6) is 0.712. The van der Waals surface area contributed by atoms with E-state index >= 15 is 0 Å². The molecule has 2 rings (SSSR count). The van der Waals surface area contributed by atoms with Crippen molar-refractivity contribution in [2.45, 2.75) is 51.3 Å². The zero-order valence-electron chi connectivity index (χ0n) is 11.4. The van der Waals surface area contributed by atoms with Crippen LogP contribution >= 0.6 is 0 Å². The van der Waals surface area contributed by atoms with E-state index in [1.54, 1.807) is 6.07 Å². The standard InChI is InChI=1S/C15H23NO3/c1-2-19-15-8-11(6-7-14(15)18)10-16-12-4-3-5-13(17)9-12/h6-8,12-13,16-18H,2-5,9-10H2,1H3. The molecule has 0 saturated heterocycles. The molecule has 106 valence electrons. The van der Waals surface area contributed by atoms with Crippen LogP contribution in [0.15, 0.2) is 18.2 Å². The monoisotopic (exact) mass is 265 g/mol. The van der Waals surface area contributed by atoms with Gasteiger partial charge < -0.3 is 20.3 Å². The van der Waals surface area contributed by atoms with Gasteiger partial charge in [0.05, 0.1) is 12.7 Å². The highest BCUT2D eigenvalue weighted by atomic mass is 16.5. The molecular weight excluding hydrogens is 242 g/mol. The molecule has 0 amide bonds.